The molecule has 0 aliphatic rings. The second-order valence-corrected chi connectivity index (χ2v) is 5.87. The minimum Gasteiger partial charge on any atom is -0.332 e. The molecule has 7 heteroatoms. The van der Waals surface area contributed by atoms with Crippen molar-refractivity contribution in [1.82, 2.24) is 14.7 Å². The Morgan fingerprint density at radius 2 is 2.19 bits per heavy atom. The van der Waals surface area contributed by atoms with Crippen molar-refractivity contribution < 1.29 is 8.42 Å². The fourth-order valence-corrected chi connectivity index (χ4v) is 2.68. The highest BCUT2D eigenvalue weighted by Crippen LogP contribution is 2.10. The van der Waals surface area contributed by atoms with Crippen LogP contribution in [0.15, 0.2) is 11.2 Å². The number of imidazole rings is 1. The van der Waals surface area contributed by atoms with Gasteiger partial charge in [-0.1, -0.05) is 6.92 Å². The third-order valence-corrected chi connectivity index (χ3v) is 4.36. The SMILES string of the molecule is Cc1ncc(S(=O)(=O)NC(C)C(C)CCl)[nH]1. The number of aryl methyl sites for hydroxylation is 1. The Morgan fingerprint density at radius 1 is 1.56 bits per heavy atom. The van der Waals surface area contributed by atoms with Gasteiger partial charge < -0.3 is 4.98 Å². The number of hydrogen-bond acceptors (Lipinski definition) is 3. The highest BCUT2D eigenvalue weighted by molar-refractivity contribution is 7.89. The topological polar surface area (TPSA) is 74.8 Å². The van der Waals surface area contributed by atoms with Crippen LogP contribution in [0.5, 0.6) is 0 Å². The van der Waals surface area contributed by atoms with Crippen LogP contribution in [-0.4, -0.2) is 30.3 Å². The molecule has 0 bridgehead atoms. The van der Waals surface area contributed by atoms with E-state index < -0.39 is 10.0 Å². The highest BCUT2D eigenvalue weighted by atomic mass is 35.5. The Morgan fingerprint density at radius 3 is 2.62 bits per heavy atom. The average molecular weight is 266 g/mol. The van der Waals surface area contributed by atoms with Crippen LogP contribution >= 0.6 is 11.6 Å². The van der Waals surface area contributed by atoms with Crippen LogP contribution in [0, 0.1) is 12.8 Å². The molecule has 2 atom stereocenters. The molecule has 92 valence electrons. The highest BCUT2D eigenvalue weighted by Gasteiger charge is 2.22. The van der Waals surface area contributed by atoms with Crippen molar-refractivity contribution in [3.05, 3.63) is 12.0 Å². The fraction of sp³-hybridized carbons (Fsp3) is 0.667. The Bertz CT molecular complexity index is 443. The van der Waals surface area contributed by atoms with Crippen LogP contribution in [0.4, 0.5) is 0 Å². The fourth-order valence-electron chi connectivity index (χ4n) is 1.09. The molecule has 1 aromatic heterocycles. The predicted octanol–water partition coefficient (Wildman–Crippen LogP) is 1.26. The first-order valence-electron chi connectivity index (χ1n) is 4.96. The summed E-state index contributed by atoms with van der Waals surface area (Å²) in [5, 5.41) is 0.0821. The van der Waals surface area contributed by atoms with Gasteiger partial charge in [0.1, 0.15) is 5.82 Å². The molecule has 5 nitrogen and oxygen atoms in total. The molecule has 1 aromatic rings. The predicted molar refractivity (Wildman–Crippen MR) is 63.0 cm³/mol. The van der Waals surface area contributed by atoms with Gasteiger partial charge in [-0.15, -0.1) is 11.6 Å². The molecule has 0 radical (unpaired) electrons. The second-order valence-electron chi connectivity index (χ2n) is 3.87. The van der Waals surface area contributed by atoms with Crippen LogP contribution in [0.25, 0.3) is 0 Å². The van der Waals surface area contributed by atoms with Crippen molar-refractivity contribution in [3.63, 3.8) is 0 Å². The maximum absolute atomic E-state index is 11.9. The van der Waals surface area contributed by atoms with E-state index in [1.54, 1.807) is 13.8 Å². The summed E-state index contributed by atoms with van der Waals surface area (Å²) in [6.07, 6.45) is 1.30. The van der Waals surface area contributed by atoms with Gasteiger partial charge in [0.25, 0.3) is 10.0 Å². The van der Waals surface area contributed by atoms with Crippen LogP contribution in [0.1, 0.15) is 19.7 Å². The van der Waals surface area contributed by atoms with Gasteiger partial charge in [-0.3, -0.25) is 0 Å². The van der Waals surface area contributed by atoms with Crippen molar-refractivity contribution in [3.8, 4) is 0 Å². The van der Waals surface area contributed by atoms with Gasteiger partial charge in [0.15, 0.2) is 5.03 Å². The van der Waals surface area contributed by atoms with E-state index in [9.17, 15) is 8.42 Å². The summed E-state index contributed by atoms with van der Waals surface area (Å²) < 4.78 is 26.3. The quantitative estimate of drug-likeness (QED) is 0.787. The Balaban J connectivity index is 2.80. The number of nitrogens with one attached hydrogen (secondary N) is 2. The summed E-state index contributed by atoms with van der Waals surface area (Å²) in [5.41, 5.74) is 0. The summed E-state index contributed by atoms with van der Waals surface area (Å²) in [6.45, 7) is 5.37. The van der Waals surface area contributed by atoms with Gasteiger partial charge in [-0.2, -0.15) is 0 Å². The van der Waals surface area contributed by atoms with E-state index in [1.807, 2.05) is 6.92 Å². The molecule has 0 amide bonds. The minimum atomic E-state index is -3.52. The van der Waals surface area contributed by atoms with Gasteiger partial charge in [-0.25, -0.2) is 18.1 Å². The zero-order chi connectivity index (χ0) is 12.3. The maximum Gasteiger partial charge on any atom is 0.257 e. The number of aromatic nitrogens is 2. The smallest absolute Gasteiger partial charge is 0.257 e. The van der Waals surface area contributed by atoms with Crippen molar-refractivity contribution >= 4 is 21.6 Å². The molecular formula is C9H16ClN3O2S. The molecule has 0 aliphatic heterocycles. The lowest BCUT2D eigenvalue weighted by atomic mass is 10.1. The molecular weight excluding hydrogens is 250 g/mol. The van der Waals surface area contributed by atoms with E-state index in [2.05, 4.69) is 14.7 Å². The van der Waals surface area contributed by atoms with Crippen molar-refractivity contribution in [2.24, 2.45) is 5.92 Å². The first kappa shape index (κ1) is 13.5. The number of aromatic amines is 1. The Hall–Kier alpha value is -0.590. The first-order valence-corrected chi connectivity index (χ1v) is 6.98. The monoisotopic (exact) mass is 265 g/mol. The molecule has 0 saturated carbocycles. The molecule has 2 N–H and O–H groups in total. The molecule has 0 saturated heterocycles. The molecule has 2 unspecified atom stereocenters. The van der Waals surface area contributed by atoms with Crippen LogP contribution in [0.2, 0.25) is 0 Å². The molecule has 0 spiro atoms. The number of hydrogen-bond donors (Lipinski definition) is 2. The molecule has 16 heavy (non-hydrogen) atoms. The van der Waals surface area contributed by atoms with E-state index >= 15 is 0 Å². The van der Waals surface area contributed by atoms with Gasteiger partial charge in [-0.05, 0) is 19.8 Å². The number of halogens is 1. The first-order chi connectivity index (χ1) is 7.36. The number of H-pyrrole nitrogens is 1. The largest absolute Gasteiger partial charge is 0.332 e. The van der Waals surface area contributed by atoms with Crippen molar-refractivity contribution in [2.45, 2.75) is 31.8 Å². The van der Waals surface area contributed by atoms with E-state index in [0.717, 1.165) is 0 Å². The minimum absolute atomic E-state index is 0.0699. The van der Waals surface area contributed by atoms with Crippen molar-refractivity contribution in [1.29, 1.82) is 0 Å². The zero-order valence-corrected chi connectivity index (χ0v) is 11.1. The summed E-state index contributed by atoms with van der Waals surface area (Å²) in [6, 6.07) is -0.217. The van der Waals surface area contributed by atoms with Crippen LogP contribution < -0.4 is 4.72 Å². The normalized spacial score (nSPS) is 16.0. The molecule has 0 aliphatic carbocycles. The number of alkyl halides is 1. The third kappa shape index (κ3) is 3.20. The maximum atomic E-state index is 11.9. The Kier molecular flexibility index (Phi) is 4.35. The standard InChI is InChI=1S/C9H16ClN3O2S/c1-6(4-10)7(2)13-16(14,15)9-5-11-8(3)12-9/h5-7,13H,4H2,1-3H3,(H,11,12). The van der Waals surface area contributed by atoms with E-state index in [0.29, 0.717) is 11.7 Å². The van der Waals surface area contributed by atoms with Gasteiger partial charge in [0.2, 0.25) is 0 Å². The van der Waals surface area contributed by atoms with E-state index in [-0.39, 0.29) is 17.0 Å². The van der Waals surface area contributed by atoms with Gasteiger partial charge >= 0.3 is 0 Å². The Labute approximate surface area is 101 Å². The average Bonchev–Trinajstić information content (AvgIpc) is 2.63. The second kappa shape index (κ2) is 5.16. The lowest BCUT2D eigenvalue weighted by Crippen LogP contribution is -2.37. The zero-order valence-electron chi connectivity index (χ0n) is 9.49. The van der Waals surface area contributed by atoms with E-state index in [1.165, 1.54) is 6.20 Å². The molecule has 1 heterocycles. The molecule has 1 rings (SSSR count). The number of nitrogens with zero attached hydrogens (tertiary/aromatic N) is 1. The molecule has 0 fully saturated rings. The summed E-state index contributed by atoms with van der Waals surface area (Å²) in [5.74, 6) is 1.05. The van der Waals surface area contributed by atoms with E-state index in [4.69, 9.17) is 11.6 Å². The number of rotatable bonds is 5. The lowest BCUT2D eigenvalue weighted by Gasteiger charge is -2.18. The lowest BCUT2D eigenvalue weighted by molar-refractivity contribution is 0.479. The summed E-state index contributed by atoms with van der Waals surface area (Å²) >= 11 is 5.67. The number of sulfonamides is 1. The third-order valence-electron chi connectivity index (χ3n) is 2.41. The summed E-state index contributed by atoms with van der Waals surface area (Å²) in [4.78, 5) is 6.54. The van der Waals surface area contributed by atoms with Crippen LogP contribution in [-0.2, 0) is 10.0 Å². The van der Waals surface area contributed by atoms with Crippen LogP contribution in [0.3, 0.4) is 0 Å². The van der Waals surface area contributed by atoms with Gasteiger partial charge in [0, 0.05) is 11.9 Å². The summed E-state index contributed by atoms with van der Waals surface area (Å²) in [7, 11) is -3.52. The van der Waals surface area contributed by atoms with Crippen molar-refractivity contribution in [2.75, 3.05) is 5.88 Å². The molecule has 0 aromatic carbocycles. The van der Waals surface area contributed by atoms with Gasteiger partial charge in [0.05, 0.1) is 6.20 Å².